The van der Waals surface area contributed by atoms with Gasteiger partial charge in [0.05, 0.1) is 10.6 Å². The number of benzene rings is 1. The minimum absolute atomic E-state index is 0.349. The zero-order valence-corrected chi connectivity index (χ0v) is 12.3. The average Bonchev–Trinajstić information content (AvgIpc) is 2.37. The molecule has 0 radical (unpaired) electrons. The van der Waals surface area contributed by atoms with Crippen molar-refractivity contribution in [3.8, 4) is 0 Å². The summed E-state index contributed by atoms with van der Waals surface area (Å²) in [5.41, 5.74) is 0.0721. The molecule has 0 aliphatic rings. The molecular weight excluding hydrogens is 358 g/mol. The fourth-order valence-electron chi connectivity index (χ4n) is 1.42. The lowest BCUT2D eigenvalue weighted by Gasteiger charge is -2.07. The molecular formula is C13H8BrF4NS. The zero-order valence-electron chi connectivity index (χ0n) is 9.92. The lowest BCUT2D eigenvalue weighted by atomic mass is 10.2. The van der Waals surface area contributed by atoms with Crippen LogP contribution in [0.3, 0.4) is 0 Å². The topological polar surface area (TPSA) is 12.9 Å². The Kier molecular flexibility index (Phi) is 4.70. The van der Waals surface area contributed by atoms with Crippen LogP contribution in [-0.2, 0) is 11.9 Å². The predicted molar refractivity (Wildman–Crippen MR) is 72.9 cm³/mol. The van der Waals surface area contributed by atoms with Crippen LogP contribution in [0, 0.1) is 5.82 Å². The third-order valence-corrected chi connectivity index (χ3v) is 4.19. The van der Waals surface area contributed by atoms with Gasteiger partial charge in [0.1, 0.15) is 5.82 Å². The minimum Gasteiger partial charge on any atom is -0.249 e. The van der Waals surface area contributed by atoms with Gasteiger partial charge in [-0.3, -0.25) is 0 Å². The maximum Gasteiger partial charge on any atom is 0.417 e. The Morgan fingerprint density at radius 3 is 2.45 bits per heavy atom. The van der Waals surface area contributed by atoms with E-state index in [1.807, 2.05) is 0 Å². The highest BCUT2D eigenvalue weighted by atomic mass is 79.9. The van der Waals surface area contributed by atoms with Crippen molar-refractivity contribution in [3.05, 3.63) is 57.9 Å². The summed E-state index contributed by atoms with van der Waals surface area (Å²) in [6.45, 7) is 0. The largest absolute Gasteiger partial charge is 0.417 e. The third kappa shape index (κ3) is 3.96. The Balaban J connectivity index is 2.04. The van der Waals surface area contributed by atoms with E-state index in [0.717, 1.165) is 17.8 Å². The molecule has 0 saturated heterocycles. The molecule has 0 aliphatic carbocycles. The molecule has 0 saturated carbocycles. The van der Waals surface area contributed by atoms with Crippen LogP contribution in [0.15, 0.2) is 46.0 Å². The van der Waals surface area contributed by atoms with Crippen molar-refractivity contribution in [3.63, 3.8) is 0 Å². The van der Waals surface area contributed by atoms with E-state index in [4.69, 9.17) is 0 Å². The van der Waals surface area contributed by atoms with Crippen molar-refractivity contribution in [1.29, 1.82) is 0 Å². The summed E-state index contributed by atoms with van der Waals surface area (Å²) >= 11 is 4.52. The highest BCUT2D eigenvalue weighted by Gasteiger charge is 2.30. The van der Waals surface area contributed by atoms with Crippen LogP contribution in [0.5, 0.6) is 0 Å². The van der Waals surface area contributed by atoms with Crippen LogP contribution >= 0.6 is 27.7 Å². The number of pyridine rings is 1. The maximum absolute atomic E-state index is 12.9. The highest BCUT2D eigenvalue weighted by molar-refractivity contribution is 9.10. The molecule has 0 spiro atoms. The summed E-state index contributed by atoms with van der Waals surface area (Å²) in [4.78, 5) is 3.76. The van der Waals surface area contributed by atoms with Crippen molar-refractivity contribution < 1.29 is 17.6 Å². The van der Waals surface area contributed by atoms with Gasteiger partial charge in [0, 0.05) is 16.4 Å². The smallest absolute Gasteiger partial charge is 0.249 e. The van der Waals surface area contributed by atoms with E-state index < -0.39 is 11.7 Å². The standard InChI is InChI=1S/C13H8BrF4NS/c14-11-5-10(15)3-1-8(11)7-20-12-4-2-9(6-19-12)13(16,17)18/h1-6H,7H2. The van der Waals surface area contributed by atoms with Gasteiger partial charge in [0.15, 0.2) is 0 Å². The fourth-order valence-corrected chi connectivity index (χ4v) is 2.95. The summed E-state index contributed by atoms with van der Waals surface area (Å²) in [5.74, 6) is 0.137. The second kappa shape index (κ2) is 6.13. The lowest BCUT2D eigenvalue weighted by molar-refractivity contribution is -0.137. The first-order chi connectivity index (χ1) is 9.36. The fraction of sp³-hybridized carbons (Fsp3) is 0.154. The van der Waals surface area contributed by atoms with Gasteiger partial charge in [-0.1, -0.05) is 22.0 Å². The Labute approximate surface area is 125 Å². The number of alkyl halides is 3. The van der Waals surface area contributed by atoms with Crippen molar-refractivity contribution in [2.24, 2.45) is 0 Å². The Hall–Kier alpha value is -1.08. The van der Waals surface area contributed by atoms with Crippen LogP contribution < -0.4 is 0 Å². The van der Waals surface area contributed by atoms with Gasteiger partial charge in [-0.2, -0.15) is 13.2 Å². The number of rotatable bonds is 3. The normalized spacial score (nSPS) is 11.7. The number of hydrogen-bond acceptors (Lipinski definition) is 2. The van der Waals surface area contributed by atoms with E-state index in [1.165, 1.54) is 30.0 Å². The molecule has 106 valence electrons. The van der Waals surface area contributed by atoms with Crippen LogP contribution in [0.2, 0.25) is 0 Å². The van der Waals surface area contributed by atoms with Gasteiger partial charge in [0.2, 0.25) is 0 Å². The van der Waals surface area contributed by atoms with Crippen LogP contribution in [0.4, 0.5) is 17.6 Å². The molecule has 0 unspecified atom stereocenters. The summed E-state index contributed by atoms with van der Waals surface area (Å²) < 4.78 is 50.7. The van der Waals surface area contributed by atoms with Crippen LogP contribution in [0.1, 0.15) is 11.1 Å². The molecule has 1 aromatic heterocycles. The van der Waals surface area contributed by atoms with Gasteiger partial charge < -0.3 is 0 Å². The summed E-state index contributed by atoms with van der Waals surface area (Å²) in [5, 5.41) is 0.481. The number of nitrogens with zero attached hydrogens (tertiary/aromatic N) is 1. The van der Waals surface area contributed by atoms with Crippen LogP contribution in [0.25, 0.3) is 0 Å². The Morgan fingerprint density at radius 1 is 1.15 bits per heavy atom. The van der Waals surface area contributed by atoms with E-state index in [2.05, 4.69) is 20.9 Å². The van der Waals surface area contributed by atoms with Crippen molar-refractivity contribution >= 4 is 27.7 Å². The molecule has 0 atom stereocenters. The van der Waals surface area contributed by atoms with E-state index in [1.54, 1.807) is 6.07 Å². The van der Waals surface area contributed by atoms with E-state index in [-0.39, 0.29) is 5.82 Å². The molecule has 2 aromatic rings. The van der Waals surface area contributed by atoms with Gasteiger partial charge in [0.25, 0.3) is 0 Å². The molecule has 0 bridgehead atoms. The molecule has 20 heavy (non-hydrogen) atoms. The van der Waals surface area contributed by atoms with Crippen LogP contribution in [-0.4, -0.2) is 4.98 Å². The quantitative estimate of drug-likeness (QED) is 0.541. The molecule has 2 rings (SSSR count). The van der Waals surface area contributed by atoms with E-state index in [9.17, 15) is 17.6 Å². The predicted octanol–water partition coefficient (Wildman–Crippen LogP) is 5.29. The minimum atomic E-state index is -4.38. The Bertz CT molecular complexity index is 598. The summed E-state index contributed by atoms with van der Waals surface area (Å²) in [6, 6.07) is 6.62. The van der Waals surface area contributed by atoms with Gasteiger partial charge >= 0.3 is 6.18 Å². The monoisotopic (exact) mass is 365 g/mol. The summed E-state index contributed by atoms with van der Waals surface area (Å²) in [6.07, 6.45) is -3.57. The molecule has 0 amide bonds. The first kappa shape index (κ1) is 15.3. The molecule has 1 aromatic carbocycles. The second-order valence-electron chi connectivity index (χ2n) is 3.91. The van der Waals surface area contributed by atoms with Gasteiger partial charge in [-0.25, -0.2) is 9.37 Å². The molecule has 0 aliphatic heterocycles. The SMILES string of the molecule is Fc1ccc(CSc2ccc(C(F)(F)F)cn2)c(Br)c1. The molecule has 1 heterocycles. The highest BCUT2D eigenvalue weighted by Crippen LogP contribution is 2.31. The first-order valence-corrected chi connectivity index (χ1v) is 7.24. The number of aromatic nitrogens is 1. The number of hydrogen-bond donors (Lipinski definition) is 0. The molecule has 0 N–H and O–H groups in total. The number of halogens is 5. The van der Waals surface area contributed by atoms with Crippen molar-refractivity contribution in [2.45, 2.75) is 17.0 Å². The zero-order chi connectivity index (χ0) is 14.8. The third-order valence-electron chi connectivity index (χ3n) is 2.45. The molecule has 1 nitrogen and oxygen atoms in total. The van der Waals surface area contributed by atoms with Crippen molar-refractivity contribution in [1.82, 2.24) is 4.98 Å². The van der Waals surface area contributed by atoms with Crippen molar-refractivity contribution in [2.75, 3.05) is 0 Å². The van der Waals surface area contributed by atoms with E-state index >= 15 is 0 Å². The first-order valence-electron chi connectivity index (χ1n) is 5.46. The van der Waals surface area contributed by atoms with E-state index in [0.29, 0.717) is 15.3 Å². The summed E-state index contributed by atoms with van der Waals surface area (Å²) in [7, 11) is 0. The number of thioether (sulfide) groups is 1. The lowest BCUT2D eigenvalue weighted by Crippen LogP contribution is -2.05. The Morgan fingerprint density at radius 2 is 1.90 bits per heavy atom. The van der Waals surface area contributed by atoms with Gasteiger partial charge in [-0.05, 0) is 29.8 Å². The molecule has 7 heteroatoms. The average molecular weight is 366 g/mol. The van der Waals surface area contributed by atoms with Gasteiger partial charge in [-0.15, -0.1) is 11.8 Å². The molecule has 0 fully saturated rings. The second-order valence-corrected chi connectivity index (χ2v) is 5.76. The maximum atomic E-state index is 12.9.